The summed E-state index contributed by atoms with van der Waals surface area (Å²) < 4.78 is 27.6. The molecule has 1 aliphatic rings. The van der Waals surface area contributed by atoms with Crippen LogP contribution in [0.5, 0.6) is 0 Å². The van der Waals surface area contributed by atoms with Gasteiger partial charge in [-0.3, -0.25) is 4.68 Å². The van der Waals surface area contributed by atoms with Crippen LogP contribution < -0.4 is 0 Å². The molecule has 0 atom stereocenters. The molecule has 0 unspecified atom stereocenters. The molecule has 4 nitrogen and oxygen atoms in total. The van der Waals surface area contributed by atoms with Crippen LogP contribution in [0.15, 0.2) is 0 Å². The first-order valence-electron chi connectivity index (χ1n) is 6.45. The lowest BCUT2D eigenvalue weighted by molar-refractivity contribution is -0.0477. The second-order valence-corrected chi connectivity index (χ2v) is 5.35. The Bertz CT molecular complexity index is 487. The molecule has 0 amide bonds. The van der Waals surface area contributed by atoms with Crippen molar-refractivity contribution in [3.05, 3.63) is 17.0 Å². The molecule has 0 spiro atoms. The van der Waals surface area contributed by atoms with Crippen LogP contribution in [-0.4, -0.2) is 26.8 Å². The quantitative estimate of drug-likeness (QED) is 0.920. The highest BCUT2D eigenvalue weighted by Gasteiger charge is 2.35. The topological polar surface area (TPSA) is 55.1 Å². The van der Waals surface area contributed by atoms with Crippen LogP contribution in [0, 0.1) is 19.8 Å². The summed E-state index contributed by atoms with van der Waals surface area (Å²) in [4.78, 5) is 11.2. The average molecular weight is 272 g/mol. The van der Waals surface area contributed by atoms with E-state index in [0.29, 0.717) is 30.6 Å². The van der Waals surface area contributed by atoms with Crippen LogP contribution in [0.1, 0.15) is 47.4 Å². The molecule has 1 saturated carbocycles. The van der Waals surface area contributed by atoms with Gasteiger partial charge in [0.1, 0.15) is 5.69 Å². The molecule has 106 valence electrons. The van der Waals surface area contributed by atoms with Crippen molar-refractivity contribution < 1.29 is 18.7 Å². The molecule has 1 aromatic rings. The fourth-order valence-electron chi connectivity index (χ4n) is 2.60. The highest BCUT2D eigenvalue weighted by molar-refractivity contribution is 5.87. The number of halogens is 2. The average Bonchev–Trinajstić information content (AvgIpc) is 2.58. The highest BCUT2D eigenvalue weighted by Crippen LogP contribution is 2.36. The fraction of sp³-hybridized carbons (Fsp3) is 0.692. The van der Waals surface area contributed by atoms with Crippen molar-refractivity contribution in [1.29, 1.82) is 0 Å². The maximum absolute atomic E-state index is 13.1. The minimum atomic E-state index is -2.55. The Hall–Kier alpha value is -1.46. The van der Waals surface area contributed by atoms with Crippen LogP contribution in [0.4, 0.5) is 8.78 Å². The minimum Gasteiger partial charge on any atom is -0.477 e. The molecular weight excluding hydrogens is 254 g/mol. The zero-order valence-corrected chi connectivity index (χ0v) is 11.1. The number of aryl methyl sites for hydroxylation is 1. The van der Waals surface area contributed by atoms with E-state index in [0.717, 1.165) is 0 Å². The van der Waals surface area contributed by atoms with Crippen molar-refractivity contribution in [1.82, 2.24) is 9.78 Å². The van der Waals surface area contributed by atoms with Gasteiger partial charge in [-0.15, -0.1) is 0 Å². The molecule has 0 saturated heterocycles. The SMILES string of the molecule is Cc1nn(CC2CCC(F)(F)CC2)c(C(=O)O)c1C. The van der Waals surface area contributed by atoms with Crippen LogP contribution >= 0.6 is 0 Å². The van der Waals surface area contributed by atoms with Gasteiger partial charge in [0.05, 0.1) is 5.69 Å². The van der Waals surface area contributed by atoms with Gasteiger partial charge in [0.15, 0.2) is 0 Å². The Kier molecular flexibility index (Phi) is 3.60. The van der Waals surface area contributed by atoms with Gasteiger partial charge in [-0.25, -0.2) is 13.6 Å². The zero-order chi connectivity index (χ0) is 14.2. The van der Waals surface area contributed by atoms with E-state index in [2.05, 4.69) is 5.10 Å². The first kappa shape index (κ1) is 14.0. The van der Waals surface area contributed by atoms with Crippen LogP contribution in [0.25, 0.3) is 0 Å². The Labute approximate surface area is 110 Å². The number of carbonyl (C=O) groups is 1. The van der Waals surface area contributed by atoms with Gasteiger partial charge < -0.3 is 5.11 Å². The van der Waals surface area contributed by atoms with E-state index >= 15 is 0 Å². The normalized spacial score (nSPS) is 19.6. The number of carboxylic acid groups (broad SMARTS) is 1. The molecule has 19 heavy (non-hydrogen) atoms. The van der Waals surface area contributed by atoms with E-state index in [-0.39, 0.29) is 24.5 Å². The van der Waals surface area contributed by atoms with E-state index < -0.39 is 11.9 Å². The molecule has 1 fully saturated rings. The molecule has 1 aromatic heterocycles. The maximum atomic E-state index is 13.1. The molecule has 0 aliphatic heterocycles. The van der Waals surface area contributed by atoms with E-state index in [4.69, 9.17) is 0 Å². The number of aromatic carboxylic acids is 1. The summed E-state index contributed by atoms with van der Waals surface area (Å²) in [6, 6.07) is 0. The molecule has 1 heterocycles. The lowest BCUT2D eigenvalue weighted by Crippen LogP contribution is -2.27. The van der Waals surface area contributed by atoms with Gasteiger partial charge in [0, 0.05) is 24.9 Å². The molecule has 6 heteroatoms. The molecule has 0 aromatic carbocycles. The standard InChI is InChI=1S/C13H18F2N2O2/c1-8-9(2)16-17(11(8)12(18)19)7-10-3-5-13(14,15)6-4-10/h10H,3-7H2,1-2H3,(H,18,19). The third-order valence-corrected chi connectivity index (χ3v) is 3.90. The van der Waals surface area contributed by atoms with E-state index in [9.17, 15) is 18.7 Å². The highest BCUT2D eigenvalue weighted by atomic mass is 19.3. The summed E-state index contributed by atoms with van der Waals surface area (Å²) in [5.74, 6) is -3.49. The number of rotatable bonds is 3. The largest absolute Gasteiger partial charge is 0.477 e. The molecule has 0 bridgehead atoms. The van der Waals surface area contributed by atoms with Crippen LogP contribution in [0.2, 0.25) is 0 Å². The van der Waals surface area contributed by atoms with Gasteiger partial charge in [-0.05, 0) is 32.6 Å². The predicted octanol–water partition coefficient (Wildman–Crippen LogP) is 3.02. The van der Waals surface area contributed by atoms with Crippen LogP contribution in [0.3, 0.4) is 0 Å². The van der Waals surface area contributed by atoms with Crippen molar-refractivity contribution in [3.63, 3.8) is 0 Å². The Balaban J connectivity index is 2.12. The number of aromatic nitrogens is 2. The first-order chi connectivity index (χ1) is 8.80. The summed E-state index contributed by atoms with van der Waals surface area (Å²) in [5.41, 5.74) is 1.50. The van der Waals surface area contributed by atoms with E-state index in [1.54, 1.807) is 13.8 Å². The van der Waals surface area contributed by atoms with Crippen molar-refractivity contribution in [2.24, 2.45) is 5.92 Å². The smallest absolute Gasteiger partial charge is 0.354 e. The van der Waals surface area contributed by atoms with E-state index in [1.807, 2.05) is 0 Å². The lowest BCUT2D eigenvalue weighted by atomic mass is 9.87. The molecule has 1 aliphatic carbocycles. The van der Waals surface area contributed by atoms with Crippen LogP contribution in [-0.2, 0) is 6.54 Å². The predicted molar refractivity (Wildman–Crippen MR) is 65.6 cm³/mol. The van der Waals surface area contributed by atoms with Gasteiger partial charge in [-0.1, -0.05) is 0 Å². The number of hydrogen-bond donors (Lipinski definition) is 1. The monoisotopic (exact) mass is 272 g/mol. The first-order valence-corrected chi connectivity index (χ1v) is 6.45. The number of nitrogens with zero attached hydrogens (tertiary/aromatic N) is 2. The van der Waals surface area contributed by atoms with Crippen molar-refractivity contribution in [2.75, 3.05) is 0 Å². The Morgan fingerprint density at radius 2 is 2.00 bits per heavy atom. The summed E-state index contributed by atoms with van der Waals surface area (Å²) in [5, 5.41) is 13.4. The maximum Gasteiger partial charge on any atom is 0.354 e. The molecular formula is C13H18F2N2O2. The van der Waals surface area contributed by atoms with Gasteiger partial charge >= 0.3 is 5.97 Å². The number of alkyl halides is 2. The van der Waals surface area contributed by atoms with E-state index in [1.165, 1.54) is 4.68 Å². The Morgan fingerprint density at radius 1 is 1.42 bits per heavy atom. The molecule has 0 radical (unpaired) electrons. The second-order valence-electron chi connectivity index (χ2n) is 5.35. The van der Waals surface area contributed by atoms with Crippen molar-refractivity contribution in [3.8, 4) is 0 Å². The minimum absolute atomic E-state index is 0.0800. The van der Waals surface area contributed by atoms with Crippen molar-refractivity contribution in [2.45, 2.75) is 52.0 Å². The molecule has 1 N–H and O–H groups in total. The second kappa shape index (κ2) is 4.90. The van der Waals surface area contributed by atoms with Crippen molar-refractivity contribution >= 4 is 5.97 Å². The zero-order valence-electron chi connectivity index (χ0n) is 11.1. The summed E-state index contributed by atoms with van der Waals surface area (Å²) in [6.45, 7) is 3.89. The van der Waals surface area contributed by atoms with Gasteiger partial charge in [-0.2, -0.15) is 5.10 Å². The number of hydrogen-bond acceptors (Lipinski definition) is 2. The fourth-order valence-corrected chi connectivity index (χ4v) is 2.60. The van der Waals surface area contributed by atoms with Gasteiger partial charge in [0.25, 0.3) is 0 Å². The summed E-state index contributed by atoms with van der Waals surface area (Å²) >= 11 is 0. The third kappa shape index (κ3) is 2.93. The molecule has 2 rings (SSSR count). The lowest BCUT2D eigenvalue weighted by Gasteiger charge is -2.28. The Morgan fingerprint density at radius 3 is 2.53 bits per heavy atom. The third-order valence-electron chi connectivity index (χ3n) is 3.90. The summed E-state index contributed by atoms with van der Waals surface area (Å²) in [7, 11) is 0. The van der Waals surface area contributed by atoms with Gasteiger partial charge in [0.2, 0.25) is 5.92 Å². The summed E-state index contributed by atoms with van der Waals surface area (Å²) in [6.07, 6.45) is 0.618. The number of carboxylic acids is 1.